The fraction of sp³-hybridized carbons (Fsp3) is 0.783. The molecule has 1 atom stereocenters. The maximum Gasteiger partial charge on any atom is 1.00 e. The van der Waals surface area contributed by atoms with Gasteiger partial charge in [0.2, 0.25) is 5.91 Å². The average Bonchev–Trinajstić information content (AvgIpc) is 2.67. The van der Waals surface area contributed by atoms with Gasteiger partial charge < -0.3 is 17.0 Å². The molecule has 0 heterocycles. The van der Waals surface area contributed by atoms with E-state index >= 15 is 0 Å². The number of hydrogen-bond donors (Lipinski definition) is 3. The van der Waals surface area contributed by atoms with Crippen molar-refractivity contribution in [1.82, 2.24) is 5.32 Å². The molecule has 0 saturated heterocycles. The Bertz CT molecular complexity index is 489. The zero-order valence-electron chi connectivity index (χ0n) is 20.2. The SMILES string of the molecule is CCCCCCCC/C=C\CCCCCCCC(=O)N[C@@H](CCC(=O)O)C(=O)O.[H-].[Na+]. The van der Waals surface area contributed by atoms with E-state index in [4.69, 9.17) is 10.2 Å². The molecule has 170 valence electrons. The normalized spacial score (nSPS) is 11.8. The maximum atomic E-state index is 11.8. The Balaban J connectivity index is -0.00000392. The van der Waals surface area contributed by atoms with E-state index in [9.17, 15) is 14.4 Å². The van der Waals surface area contributed by atoms with Crippen LogP contribution in [0.3, 0.4) is 0 Å². The Hall–Kier alpha value is -0.850. The Morgan fingerprint density at radius 1 is 0.800 bits per heavy atom. The van der Waals surface area contributed by atoms with Gasteiger partial charge in [0.1, 0.15) is 6.04 Å². The second kappa shape index (κ2) is 22.8. The van der Waals surface area contributed by atoms with Crippen LogP contribution in [0, 0.1) is 0 Å². The molecule has 0 rings (SSSR count). The van der Waals surface area contributed by atoms with Crippen molar-refractivity contribution in [3.8, 4) is 0 Å². The zero-order chi connectivity index (χ0) is 21.7. The van der Waals surface area contributed by atoms with Crippen LogP contribution >= 0.6 is 0 Å². The number of nitrogens with one attached hydrogen (secondary N) is 1. The van der Waals surface area contributed by atoms with Crippen molar-refractivity contribution in [2.75, 3.05) is 0 Å². The monoisotopic (exact) mass is 435 g/mol. The van der Waals surface area contributed by atoms with Gasteiger partial charge in [-0.2, -0.15) is 0 Å². The first-order valence-corrected chi connectivity index (χ1v) is 11.4. The van der Waals surface area contributed by atoms with E-state index in [2.05, 4.69) is 24.4 Å². The molecule has 0 radical (unpaired) electrons. The molecular formula is C23H42NNaO5. The van der Waals surface area contributed by atoms with Gasteiger partial charge in [0.15, 0.2) is 0 Å². The van der Waals surface area contributed by atoms with E-state index in [-0.39, 0.29) is 56.2 Å². The Kier molecular flexibility index (Phi) is 23.8. The summed E-state index contributed by atoms with van der Waals surface area (Å²) in [5, 5.41) is 20.1. The molecule has 30 heavy (non-hydrogen) atoms. The van der Waals surface area contributed by atoms with Gasteiger partial charge in [0, 0.05) is 12.8 Å². The van der Waals surface area contributed by atoms with Crippen molar-refractivity contribution < 1.29 is 55.6 Å². The summed E-state index contributed by atoms with van der Waals surface area (Å²) >= 11 is 0. The minimum Gasteiger partial charge on any atom is -1.00 e. The first kappa shape index (κ1) is 31.3. The van der Waals surface area contributed by atoms with Crippen LogP contribution < -0.4 is 34.9 Å². The summed E-state index contributed by atoms with van der Waals surface area (Å²) < 4.78 is 0. The molecule has 0 aromatic rings. The summed E-state index contributed by atoms with van der Waals surface area (Å²) in [4.78, 5) is 33.4. The molecular weight excluding hydrogens is 393 g/mol. The van der Waals surface area contributed by atoms with E-state index in [1.165, 1.54) is 44.9 Å². The van der Waals surface area contributed by atoms with E-state index in [1.54, 1.807) is 0 Å². The molecule has 0 aromatic heterocycles. The van der Waals surface area contributed by atoms with Crippen molar-refractivity contribution >= 4 is 17.8 Å². The summed E-state index contributed by atoms with van der Waals surface area (Å²) in [7, 11) is 0. The van der Waals surface area contributed by atoms with Gasteiger partial charge >= 0.3 is 41.5 Å². The molecule has 0 aliphatic heterocycles. The van der Waals surface area contributed by atoms with Crippen LogP contribution in [0.25, 0.3) is 0 Å². The summed E-state index contributed by atoms with van der Waals surface area (Å²) in [6, 6.07) is -1.12. The van der Waals surface area contributed by atoms with Gasteiger partial charge in [0.05, 0.1) is 0 Å². The van der Waals surface area contributed by atoms with Crippen molar-refractivity contribution in [3.63, 3.8) is 0 Å². The number of hydrogen-bond acceptors (Lipinski definition) is 3. The fourth-order valence-electron chi connectivity index (χ4n) is 3.15. The van der Waals surface area contributed by atoms with E-state index in [0.29, 0.717) is 0 Å². The molecule has 0 aliphatic carbocycles. The number of rotatable bonds is 20. The molecule has 0 bridgehead atoms. The number of carboxylic acid groups (broad SMARTS) is 2. The van der Waals surface area contributed by atoms with Crippen molar-refractivity contribution in [2.45, 2.75) is 116 Å². The predicted octanol–water partition coefficient (Wildman–Crippen LogP) is 2.57. The summed E-state index contributed by atoms with van der Waals surface area (Å²) in [6.07, 6.45) is 19.9. The molecule has 3 N–H and O–H groups in total. The third-order valence-electron chi connectivity index (χ3n) is 4.95. The Morgan fingerprint density at radius 3 is 1.80 bits per heavy atom. The van der Waals surface area contributed by atoms with Crippen LogP contribution in [0.4, 0.5) is 0 Å². The van der Waals surface area contributed by atoms with Crippen LogP contribution in [0.2, 0.25) is 0 Å². The minimum atomic E-state index is -1.19. The Morgan fingerprint density at radius 2 is 1.30 bits per heavy atom. The molecule has 7 heteroatoms. The second-order valence-corrected chi connectivity index (χ2v) is 7.73. The van der Waals surface area contributed by atoms with E-state index in [1.807, 2.05) is 0 Å². The molecule has 0 unspecified atom stereocenters. The van der Waals surface area contributed by atoms with E-state index < -0.39 is 18.0 Å². The smallest absolute Gasteiger partial charge is 1.00 e. The van der Waals surface area contributed by atoms with Gasteiger partial charge in [-0.05, 0) is 38.5 Å². The van der Waals surface area contributed by atoms with Crippen molar-refractivity contribution in [3.05, 3.63) is 12.2 Å². The molecule has 6 nitrogen and oxygen atoms in total. The fourth-order valence-corrected chi connectivity index (χ4v) is 3.15. The standard InChI is InChI=1S/C23H41NO5.Na.H/c1-2-3-4-5-6-7-8-9-10-11-12-13-14-15-16-17-21(25)24-20(23(28)29)18-19-22(26)27;;/h9-10,20H,2-8,11-19H2,1H3,(H,24,25)(H,26,27)(H,28,29);;/q;+1;-1/b10-9-;;/t20-;;/m0../s1. The third kappa shape index (κ3) is 21.8. The molecule has 0 aromatic carbocycles. The number of allylic oxidation sites excluding steroid dienone is 2. The van der Waals surface area contributed by atoms with Gasteiger partial charge in [-0.1, -0.05) is 70.4 Å². The summed E-state index contributed by atoms with van der Waals surface area (Å²) in [5.74, 6) is -2.58. The van der Waals surface area contributed by atoms with Crippen LogP contribution in [-0.4, -0.2) is 34.1 Å². The molecule has 1 amide bonds. The maximum absolute atomic E-state index is 11.8. The molecule has 0 spiro atoms. The Labute approximate surface area is 206 Å². The largest absolute Gasteiger partial charge is 1.00 e. The second-order valence-electron chi connectivity index (χ2n) is 7.73. The van der Waals surface area contributed by atoms with Crippen LogP contribution in [0.1, 0.15) is 111 Å². The van der Waals surface area contributed by atoms with Gasteiger partial charge in [-0.15, -0.1) is 0 Å². The van der Waals surface area contributed by atoms with Crippen molar-refractivity contribution in [2.24, 2.45) is 0 Å². The first-order valence-electron chi connectivity index (χ1n) is 11.4. The summed E-state index contributed by atoms with van der Waals surface area (Å²) in [6.45, 7) is 2.24. The van der Waals surface area contributed by atoms with Crippen LogP contribution in [0.5, 0.6) is 0 Å². The number of unbranched alkanes of at least 4 members (excludes halogenated alkanes) is 11. The first-order chi connectivity index (χ1) is 14.0. The van der Waals surface area contributed by atoms with Gasteiger partial charge in [-0.25, -0.2) is 4.79 Å². The van der Waals surface area contributed by atoms with Gasteiger partial charge in [-0.3, -0.25) is 9.59 Å². The number of carbonyl (C=O) groups excluding carboxylic acids is 1. The van der Waals surface area contributed by atoms with Crippen LogP contribution in [0.15, 0.2) is 12.2 Å². The molecule has 0 aliphatic rings. The number of aliphatic carboxylic acids is 2. The summed E-state index contributed by atoms with van der Waals surface area (Å²) in [5.41, 5.74) is 0. The van der Waals surface area contributed by atoms with Gasteiger partial charge in [0.25, 0.3) is 0 Å². The number of carboxylic acids is 2. The topological polar surface area (TPSA) is 104 Å². The van der Waals surface area contributed by atoms with E-state index in [0.717, 1.165) is 38.5 Å². The minimum absolute atomic E-state index is 0. The quantitative estimate of drug-likeness (QED) is 0.155. The number of carbonyl (C=O) groups is 3. The third-order valence-corrected chi connectivity index (χ3v) is 4.95. The average molecular weight is 436 g/mol. The van der Waals surface area contributed by atoms with Crippen LogP contribution in [-0.2, 0) is 14.4 Å². The number of amides is 1. The predicted molar refractivity (Wildman–Crippen MR) is 117 cm³/mol. The zero-order valence-corrected chi connectivity index (χ0v) is 21.2. The van der Waals surface area contributed by atoms with Crippen molar-refractivity contribution in [1.29, 1.82) is 0 Å². The molecule has 0 saturated carbocycles. The molecule has 0 fully saturated rings.